The summed E-state index contributed by atoms with van der Waals surface area (Å²) in [6.45, 7) is 0.703. The third-order valence-electron chi connectivity index (χ3n) is 3.03. The van der Waals surface area contributed by atoms with Crippen LogP contribution in [0.3, 0.4) is 0 Å². The highest BCUT2D eigenvalue weighted by Gasteiger charge is 2.25. The number of para-hydroxylation sites is 1. The highest BCUT2D eigenvalue weighted by Crippen LogP contribution is 2.37. The summed E-state index contributed by atoms with van der Waals surface area (Å²) >= 11 is 0. The first-order chi connectivity index (χ1) is 7.40. The Labute approximate surface area is 88.9 Å². The average Bonchev–Trinajstić information content (AvgIpc) is 3.00. The SMILES string of the molecule is NCCc1cccc2ncn(C3CC3)c12. The summed E-state index contributed by atoms with van der Waals surface area (Å²) in [6, 6.07) is 7.00. The van der Waals surface area contributed by atoms with Crippen molar-refractivity contribution in [3.05, 3.63) is 30.1 Å². The lowest BCUT2D eigenvalue weighted by molar-refractivity contribution is 0.761. The number of nitrogens with zero attached hydrogens (tertiary/aromatic N) is 2. The summed E-state index contributed by atoms with van der Waals surface area (Å²) in [5.41, 5.74) is 9.37. The van der Waals surface area contributed by atoms with Crippen molar-refractivity contribution < 1.29 is 0 Å². The molecule has 0 atom stereocenters. The molecule has 1 aromatic heterocycles. The molecule has 3 rings (SSSR count). The van der Waals surface area contributed by atoms with E-state index in [9.17, 15) is 0 Å². The van der Waals surface area contributed by atoms with E-state index >= 15 is 0 Å². The predicted octanol–water partition coefficient (Wildman–Crippen LogP) is 1.87. The van der Waals surface area contributed by atoms with Crippen LogP contribution in [0.2, 0.25) is 0 Å². The van der Waals surface area contributed by atoms with Crippen LogP contribution in [0, 0.1) is 0 Å². The minimum absolute atomic E-state index is 0.689. The maximum absolute atomic E-state index is 5.63. The summed E-state index contributed by atoms with van der Waals surface area (Å²) in [5.74, 6) is 0. The normalized spacial score (nSPS) is 16.1. The monoisotopic (exact) mass is 201 g/mol. The van der Waals surface area contributed by atoms with Crippen LogP contribution in [0.25, 0.3) is 11.0 Å². The van der Waals surface area contributed by atoms with Gasteiger partial charge in [0.05, 0.1) is 17.4 Å². The van der Waals surface area contributed by atoms with Crippen molar-refractivity contribution in [2.45, 2.75) is 25.3 Å². The lowest BCUT2D eigenvalue weighted by Gasteiger charge is -2.06. The van der Waals surface area contributed by atoms with Crippen molar-refractivity contribution in [2.75, 3.05) is 6.54 Å². The number of aromatic nitrogens is 2. The molecule has 2 aromatic rings. The Bertz CT molecular complexity index is 483. The third-order valence-corrected chi connectivity index (χ3v) is 3.03. The van der Waals surface area contributed by atoms with Gasteiger partial charge in [0.2, 0.25) is 0 Å². The highest BCUT2D eigenvalue weighted by molar-refractivity contribution is 5.79. The van der Waals surface area contributed by atoms with Crippen LogP contribution in [0.5, 0.6) is 0 Å². The smallest absolute Gasteiger partial charge is 0.0961 e. The first kappa shape index (κ1) is 8.92. The molecule has 0 aliphatic heterocycles. The fraction of sp³-hybridized carbons (Fsp3) is 0.417. The lowest BCUT2D eigenvalue weighted by atomic mass is 10.1. The maximum Gasteiger partial charge on any atom is 0.0961 e. The quantitative estimate of drug-likeness (QED) is 0.823. The van der Waals surface area contributed by atoms with E-state index in [1.807, 2.05) is 6.33 Å². The highest BCUT2D eigenvalue weighted by atomic mass is 15.1. The van der Waals surface area contributed by atoms with Gasteiger partial charge in [-0.05, 0) is 37.4 Å². The zero-order chi connectivity index (χ0) is 10.3. The van der Waals surface area contributed by atoms with Crippen LogP contribution in [-0.2, 0) is 6.42 Å². The minimum Gasteiger partial charge on any atom is -0.330 e. The van der Waals surface area contributed by atoms with Gasteiger partial charge >= 0.3 is 0 Å². The Morgan fingerprint density at radius 3 is 3.00 bits per heavy atom. The summed E-state index contributed by atoms with van der Waals surface area (Å²) in [5, 5.41) is 0. The molecule has 1 heterocycles. The number of hydrogen-bond acceptors (Lipinski definition) is 2. The van der Waals surface area contributed by atoms with Gasteiger partial charge in [-0.2, -0.15) is 0 Å². The van der Waals surface area contributed by atoms with Crippen molar-refractivity contribution in [1.82, 2.24) is 9.55 Å². The van der Waals surface area contributed by atoms with E-state index in [0.29, 0.717) is 12.6 Å². The van der Waals surface area contributed by atoms with Gasteiger partial charge in [0, 0.05) is 6.04 Å². The van der Waals surface area contributed by atoms with Gasteiger partial charge in [-0.15, -0.1) is 0 Å². The molecule has 0 amide bonds. The second-order valence-corrected chi connectivity index (χ2v) is 4.21. The maximum atomic E-state index is 5.63. The van der Waals surface area contributed by atoms with Crippen molar-refractivity contribution >= 4 is 11.0 Å². The summed E-state index contributed by atoms with van der Waals surface area (Å²) in [6.07, 6.45) is 5.50. The zero-order valence-electron chi connectivity index (χ0n) is 8.69. The first-order valence-corrected chi connectivity index (χ1v) is 5.54. The van der Waals surface area contributed by atoms with E-state index in [1.165, 1.54) is 23.9 Å². The molecule has 1 saturated carbocycles. The van der Waals surface area contributed by atoms with Gasteiger partial charge in [-0.3, -0.25) is 0 Å². The topological polar surface area (TPSA) is 43.8 Å². The average molecular weight is 201 g/mol. The van der Waals surface area contributed by atoms with Gasteiger partial charge in [0.15, 0.2) is 0 Å². The molecule has 1 aromatic carbocycles. The molecule has 2 N–H and O–H groups in total. The molecular formula is C12H15N3. The molecule has 15 heavy (non-hydrogen) atoms. The fourth-order valence-corrected chi connectivity index (χ4v) is 2.15. The number of nitrogens with two attached hydrogens (primary N) is 1. The Balaban J connectivity index is 2.19. The molecule has 1 aliphatic carbocycles. The van der Waals surface area contributed by atoms with E-state index < -0.39 is 0 Å². The van der Waals surface area contributed by atoms with Crippen LogP contribution in [0.4, 0.5) is 0 Å². The molecule has 1 aliphatic rings. The van der Waals surface area contributed by atoms with Crippen LogP contribution in [-0.4, -0.2) is 16.1 Å². The number of hydrogen-bond donors (Lipinski definition) is 1. The Morgan fingerprint density at radius 1 is 1.40 bits per heavy atom. The molecule has 0 saturated heterocycles. The van der Waals surface area contributed by atoms with E-state index in [1.54, 1.807) is 0 Å². The number of fused-ring (bicyclic) bond motifs is 1. The van der Waals surface area contributed by atoms with E-state index in [0.717, 1.165) is 11.9 Å². The molecule has 0 radical (unpaired) electrons. The van der Waals surface area contributed by atoms with Gasteiger partial charge in [-0.1, -0.05) is 12.1 Å². The van der Waals surface area contributed by atoms with Crippen LogP contribution >= 0.6 is 0 Å². The molecule has 78 valence electrons. The Morgan fingerprint density at radius 2 is 2.27 bits per heavy atom. The van der Waals surface area contributed by atoms with Crippen LogP contribution in [0.1, 0.15) is 24.4 Å². The zero-order valence-corrected chi connectivity index (χ0v) is 8.69. The standard InChI is InChI=1S/C12H15N3/c13-7-6-9-2-1-3-11-12(9)15(8-14-11)10-4-5-10/h1-3,8,10H,4-7,13H2. The molecule has 1 fully saturated rings. The third kappa shape index (κ3) is 1.43. The summed E-state index contributed by atoms with van der Waals surface area (Å²) < 4.78 is 2.32. The second-order valence-electron chi connectivity index (χ2n) is 4.21. The van der Waals surface area contributed by atoms with Gasteiger partial charge in [-0.25, -0.2) is 4.98 Å². The lowest BCUT2D eigenvalue weighted by Crippen LogP contribution is -2.04. The van der Waals surface area contributed by atoms with Gasteiger partial charge < -0.3 is 10.3 Å². The van der Waals surface area contributed by atoms with Gasteiger partial charge in [0.25, 0.3) is 0 Å². The van der Waals surface area contributed by atoms with E-state index in [2.05, 4.69) is 27.8 Å². The van der Waals surface area contributed by atoms with E-state index in [4.69, 9.17) is 5.73 Å². The van der Waals surface area contributed by atoms with E-state index in [-0.39, 0.29) is 0 Å². The molecular weight excluding hydrogens is 186 g/mol. The largest absolute Gasteiger partial charge is 0.330 e. The summed E-state index contributed by atoms with van der Waals surface area (Å²) in [4.78, 5) is 4.44. The van der Waals surface area contributed by atoms with Gasteiger partial charge in [0.1, 0.15) is 0 Å². The predicted molar refractivity (Wildman–Crippen MR) is 60.8 cm³/mol. The molecule has 3 heteroatoms. The van der Waals surface area contributed by atoms with Crippen molar-refractivity contribution in [2.24, 2.45) is 5.73 Å². The minimum atomic E-state index is 0.689. The number of rotatable bonds is 3. The second kappa shape index (κ2) is 3.35. The Hall–Kier alpha value is -1.35. The van der Waals surface area contributed by atoms with Crippen molar-refractivity contribution in [3.63, 3.8) is 0 Å². The molecule has 0 spiro atoms. The Kier molecular flexibility index (Phi) is 1.99. The summed E-state index contributed by atoms with van der Waals surface area (Å²) in [7, 11) is 0. The molecule has 0 bridgehead atoms. The van der Waals surface area contributed by atoms with Crippen LogP contribution < -0.4 is 5.73 Å². The van der Waals surface area contributed by atoms with Crippen LogP contribution in [0.15, 0.2) is 24.5 Å². The molecule has 3 nitrogen and oxygen atoms in total. The molecule has 0 unspecified atom stereocenters. The number of benzene rings is 1. The van der Waals surface area contributed by atoms with Crippen molar-refractivity contribution in [1.29, 1.82) is 0 Å². The fourth-order valence-electron chi connectivity index (χ4n) is 2.15. The van der Waals surface area contributed by atoms with Crippen molar-refractivity contribution in [3.8, 4) is 0 Å². The first-order valence-electron chi connectivity index (χ1n) is 5.54. The number of imidazole rings is 1.